The second kappa shape index (κ2) is 8.84. The minimum Gasteiger partial charge on any atom is -0.286 e. The fourth-order valence-corrected chi connectivity index (χ4v) is 5.70. The summed E-state index contributed by atoms with van der Waals surface area (Å²) in [4.78, 5) is 4.32. The molecule has 0 amide bonds. The molecule has 5 nitrogen and oxygen atoms in total. The molecule has 0 N–H and O–H groups in total. The zero-order chi connectivity index (χ0) is 23.0. The van der Waals surface area contributed by atoms with E-state index in [0.29, 0.717) is 16.7 Å². The van der Waals surface area contributed by atoms with Gasteiger partial charge in [-0.05, 0) is 29.3 Å². The summed E-state index contributed by atoms with van der Waals surface area (Å²) in [5.41, 5.74) is 1.38. The summed E-state index contributed by atoms with van der Waals surface area (Å²) < 4.78 is 69.9. The average molecular weight is 483 g/mol. The highest BCUT2D eigenvalue weighted by Crippen LogP contribution is 2.46. The summed E-state index contributed by atoms with van der Waals surface area (Å²) in [6.45, 7) is 0.109. The van der Waals surface area contributed by atoms with Gasteiger partial charge in [-0.3, -0.25) is 4.84 Å². The van der Waals surface area contributed by atoms with Crippen LogP contribution in [0.25, 0.3) is 0 Å². The Morgan fingerprint density at radius 2 is 1.53 bits per heavy atom. The highest BCUT2D eigenvalue weighted by Gasteiger charge is 2.49. The third-order valence-electron chi connectivity index (χ3n) is 5.34. The van der Waals surface area contributed by atoms with Crippen molar-refractivity contribution in [2.45, 2.75) is 16.9 Å². The standard InChI is InChI=1S/C22H18ClF3N2O3S/c1-31-27-13-17(14-5-3-2-4-6-14)22(15-7-9-16(23)10-8-15)28(27)32(29,30)21-12-19(25)18(24)11-20(21)26/h2-12,17,22H,13H2,1H3. The van der Waals surface area contributed by atoms with E-state index in [1.165, 1.54) is 7.11 Å². The summed E-state index contributed by atoms with van der Waals surface area (Å²) in [6.07, 6.45) is 0. The molecular weight excluding hydrogens is 465 g/mol. The molecule has 0 saturated carbocycles. The number of halogens is 4. The molecule has 3 aromatic rings. The van der Waals surface area contributed by atoms with Gasteiger partial charge in [-0.25, -0.2) is 21.6 Å². The van der Waals surface area contributed by atoms with Crippen molar-refractivity contribution < 1.29 is 26.4 Å². The Labute approximate surface area is 188 Å². The topological polar surface area (TPSA) is 49.9 Å². The summed E-state index contributed by atoms with van der Waals surface area (Å²) in [7, 11) is -3.42. The monoisotopic (exact) mass is 482 g/mol. The van der Waals surface area contributed by atoms with Gasteiger partial charge in [0.25, 0.3) is 10.0 Å². The van der Waals surface area contributed by atoms with E-state index in [0.717, 1.165) is 15.1 Å². The Bertz CT molecular complexity index is 1230. The summed E-state index contributed by atoms with van der Waals surface area (Å²) in [5, 5.41) is 1.53. The van der Waals surface area contributed by atoms with Crippen LogP contribution >= 0.6 is 11.6 Å². The van der Waals surface area contributed by atoms with Gasteiger partial charge in [0.15, 0.2) is 11.6 Å². The van der Waals surface area contributed by atoms with E-state index in [9.17, 15) is 21.6 Å². The normalized spacial score (nSPS) is 20.0. The molecule has 32 heavy (non-hydrogen) atoms. The third kappa shape index (κ3) is 4.02. The summed E-state index contributed by atoms with van der Waals surface area (Å²) in [6, 6.07) is 15.4. The Morgan fingerprint density at radius 3 is 2.16 bits per heavy atom. The van der Waals surface area contributed by atoms with Crippen molar-refractivity contribution in [2.24, 2.45) is 0 Å². The maximum absolute atomic E-state index is 14.5. The molecule has 4 rings (SSSR count). The van der Waals surface area contributed by atoms with E-state index in [2.05, 4.69) is 0 Å². The van der Waals surface area contributed by atoms with E-state index in [-0.39, 0.29) is 12.6 Å². The van der Waals surface area contributed by atoms with Crippen molar-refractivity contribution in [3.05, 3.63) is 100 Å². The maximum atomic E-state index is 14.5. The largest absolute Gasteiger partial charge is 0.286 e. The van der Waals surface area contributed by atoms with Gasteiger partial charge >= 0.3 is 0 Å². The van der Waals surface area contributed by atoms with Crippen LogP contribution < -0.4 is 0 Å². The zero-order valence-corrected chi connectivity index (χ0v) is 18.3. The van der Waals surface area contributed by atoms with Crippen molar-refractivity contribution in [3.8, 4) is 0 Å². The first-order chi connectivity index (χ1) is 15.2. The number of rotatable bonds is 5. The van der Waals surface area contributed by atoms with Gasteiger partial charge in [-0.2, -0.15) is 0 Å². The average Bonchev–Trinajstić information content (AvgIpc) is 3.18. The molecule has 1 fully saturated rings. The minimum absolute atomic E-state index is 0.109. The highest BCUT2D eigenvalue weighted by molar-refractivity contribution is 7.89. The van der Waals surface area contributed by atoms with Crippen LogP contribution in [0.5, 0.6) is 0 Å². The minimum atomic E-state index is -4.70. The van der Waals surface area contributed by atoms with Gasteiger partial charge in [0.2, 0.25) is 0 Å². The number of hydroxylamine groups is 1. The first-order valence-electron chi connectivity index (χ1n) is 9.55. The van der Waals surface area contributed by atoms with E-state index in [1.807, 2.05) is 30.3 Å². The fourth-order valence-electron chi connectivity index (χ4n) is 3.88. The van der Waals surface area contributed by atoms with Crippen molar-refractivity contribution in [2.75, 3.05) is 13.7 Å². The molecule has 0 radical (unpaired) electrons. The maximum Gasteiger partial charge on any atom is 0.261 e. The van der Waals surface area contributed by atoms with Crippen LogP contribution in [-0.4, -0.2) is 31.7 Å². The quantitative estimate of drug-likeness (QED) is 0.477. The van der Waals surface area contributed by atoms with Gasteiger partial charge in [-0.1, -0.05) is 58.5 Å². The predicted molar refractivity (Wildman–Crippen MR) is 112 cm³/mol. The van der Waals surface area contributed by atoms with Gasteiger partial charge in [0.05, 0.1) is 19.7 Å². The molecule has 0 aliphatic carbocycles. The second-order valence-corrected chi connectivity index (χ2v) is 9.41. The summed E-state index contributed by atoms with van der Waals surface area (Å²) >= 11 is 6.01. The molecule has 0 aromatic heterocycles. The molecule has 0 spiro atoms. The smallest absolute Gasteiger partial charge is 0.261 e. The molecule has 3 aromatic carbocycles. The molecule has 10 heteroatoms. The van der Waals surface area contributed by atoms with Crippen molar-refractivity contribution in [1.29, 1.82) is 0 Å². The number of sulfonamides is 1. The lowest BCUT2D eigenvalue weighted by Crippen LogP contribution is -2.42. The van der Waals surface area contributed by atoms with Crippen molar-refractivity contribution in [3.63, 3.8) is 0 Å². The molecule has 0 bridgehead atoms. The van der Waals surface area contributed by atoms with Gasteiger partial charge < -0.3 is 0 Å². The highest BCUT2D eigenvalue weighted by atomic mass is 35.5. The van der Waals surface area contributed by atoms with Crippen molar-refractivity contribution in [1.82, 2.24) is 9.59 Å². The number of hydrazine groups is 1. The van der Waals surface area contributed by atoms with E-state index >= 15 is 0 Å². The molecule has 1 heterocycles. The van der Waals surface area contributed by atoms with E-state index < -0.39 is 44.3 Å². The number of hydrogen-bond donors (Lipinski definition) is 0. The number of benzene rings is 3. The van der Waals surface area contributed by atoms with E-state index in [1.54, 1.807) is 24.3 Å². The number of nitrogens with zero attached hydrogens (tertiary/aromatic N) is 2. The fraction of sp³-hybridized carbons (Fsp3) is 0.182. The Morgan fingerprint density at radius 1 is 0.906 bits per heavy atom. The van der Waals surface area contributed by atoms with Crippen molar-refractivity contribution >= 4 is 21.6 Å². The zero-order valence-electron chi connectivity index (χ0n) is 16.8. The lowest BCUT2D eigenvalue weighted by atomic mass is 9.89. The van der Waals surface area contributed by atoms with Crippen LogP contribution in [0, 0.1) is 17.5 Å². The molecule has 168 valence electrons. The predicted octanol–water partition coefficient (Wildman–Crippen LogP) is 5.07. The molecular formula is C22H18ClF3N2O3S. The van der Waals surface area contributed by atoms with Crippen LogP contribution in [-0.2, 0) is 14.9 Å². The van der Waals surface area contributed by atoms with Crippen LogP contribution in [0.2, 0.25) is 5.02 Å². The molecule has 2 atom stereocenters. The second-order valence-electron chi connectivity index (χ2n) is 7.21. The van der Waals surface area contributed by atoms with Crippen LogP contribution in [0.1, 0.15) is 23.1 Å². The van der Waals surface area contributed by atoms with Gasteiger partial charge in [0.1, 0.15) is 10.7 Å². The van der Waals surface area contributed by atoms with Crippen LogP contribution in [0.3, 0.4) is 0 Å². The Hall–Kier alpha value is -2.43. The third-order valence-corrected chi connectivity index (χ3v) is 7.36. The Balaban J connectivity index is 1.91. The van der Waals surface area contributed by atoms with Gasteiger partial charge in [0, 0.05) is 17.0 Å². The first-order valence-corrected chi connectivity index (χ1v) is 11.4. The first kappa shape index (κ1) is 22.8. The lowest BCUT2D eigenvalue weighted by Gasteiger charge is -2.30. The van der Waals surface area contributed by atoms with Crippen LogP contribution in [0.4, 0.5) is 13.2 Å². The molecule has 1 aliphatic rings. The Kier molecular flexibility index (Phi) is 6.28. The molecule has 1 aliphatic heterocycles. The van der Waals surface area contributed by atoms with Crippen LogP contribution in [0.15, 0.2) is 71.6 Å². The van der Waals surface area contributed by atoms with Gasteiger partial charge in [-0.15, -0.1) is 5.17 Å². The SMILES string of the molecule is CON1CC(c2ccccc2)C(c2ccc(Cl)cc2)N1S(=O)(=O)c1cc(F)c(F)cc1F. The molecule has 2 unspecified atom stereocenters. The molecule has 1 saturated heterocycles. The number of hydrogen-bond acceptors (Lipinski definition) is 4. The summed E-state index contributed by atoms with van der Waals surface area (Å²) in [5.74, 6) is -4.78. The lowest BCUT2D eigenvalue weighted by molar-refractivity contribution is -0.212. The van der Waals surface area contributed by atoms with E-state index in [4.69, 9.17) is 16.4 Å².